The van der Waals surface area contributed by atoms with E-state index in [9.17, 15) is 9.18 Å². The first kappa shape index (κ1) is 18.4. The molecule has 1 fully saturated rings. The van der Waals surface area contributed by atoms with E-state index in [1.807, 2.05) is 17.9 Å². The van der Waals surface area contributed by atoms with Gasteiger partial charge in [0.2, 0.25) is 5.95 Å². The van der Waals surface area contributed by atoms with Crippen LogP contribution in [0.1, 0.15) is 31.5 Å². The average molecular weight is 358 g/mol. The van der Waals surface area contributed by atoms with Crippen molar-refractivity contribution in [2.75, 3.05) is 36.0 Å². The molecule has 1 aliphatic rings. The van der Waals surface area contributed by atoms with Gasteiger partial charge in [-0.25, -0.2) is 9.37 Å². The Morgan fingerprint density at radius 2 is 1.81 bits per heavy atom. The molecule has 0 atom stereocenters. The minimum absolute atomic E-state index is 0.0373. The summed E-state index contributed by atoms with van der Waals surface area (Å²) in [4.78, 5) is 24.1. The molecule has 0 aliphatic carbocycles. The fourth-order valence-electron chi connectivity index (χ4n) is 3.34. The highest BCUT2D eigenvalue weighted by Crippen LogP contribution is 2.21. The molecule has 1 saturated heterocycles. The van der Waals surface area contributed by atoms with Gasteiger partial charge in [0.25, 0.3) is 5.56 Å². The summed E-state index contributed by atoms with van der Waals surface area (Å²) in [5.41, 5.74) is 2.19. The van der Waals surface area contributed by atoms with Gasteiger partial charge >= 0.3 is 0 Å². The number of nitrogens with one attached hydrogen (secondary N) is 1. The van der Waals surface area contributed by atoms with Crippen molar-refractivity contribution in [1.82, 2.24) is 9.97 Å². The Hall–Kier alpha value is -2.37. The van der Waals surface area contributed by atoms with Crippen molar-refractivity contribution >= 4 is 11.6 Å². The molecule has 0 spiro atoms. The lowest BCUT2D eigenvalue weighted by atomic mass is 10.0. The van der Waals surface area contributed by atoms with Crippen molar-refractivity contribution in [2.45, 2.75) is 33.6 Å². The Morgan fingerprint density at radius 3 is 2.42 bits per heavy atom. The molecular weight excluding hydrogens is 331 g/mol. The molecule has 3 rings (SSSR count). The summed E-state index contributed by atoms with van der Waals surface area (Å²) >= 11 is 0. The van der Waals surface area contributed by atoms with Gasteiger partial charge in [0.15, 0.2) is 0 Å². The number of aromatic nitrogens is 2. The maximum absolute atomic E-state index is 14.0. The molecule has 1 N–H and O–H groups in total. The first-order valence-corrected chi connectivity index (χ1v) is 9.30. The highest BCUT2D eigenvalue weighted by Gasteiger charge is 2.21. The van der Waals surface area contributed by atoms with Crippen molar-refractivity contribution in [1.29, 1.82) is 0 Å². The third-order valence-electron chi connectivity index (χ3n) is 4.95. The molecule has 26 heavy (non-hydrogen) atoms. The molecule has 2 aromatic rings. The quantitative estimate of drug-likeness (QED) is 0.892. The van der Waals surface area contributed by atoms with E-state index in [0.29, 0.717) is 43.7 Å². The van der Waals surface area contributed by atoms with Gasteiger partial charge < -0.3 is 9.80 Å². The Morgan fingerprint density at radius 1 is 1.15 bits per heavy atom. The number of rotatable bonds is 5. The van der Waals surface area contributed by atoms with Crippen LogP contribution in [0.2, 0.25) is 0 Å². The van der Waals surface area contributed by atoms with Gasteiger partial charge in [0.05, 0.1) is 5.69 Å². The van der Waals surface area contributed by atoms with Crippen LogP contribution in [0, 0.1) is 18.7 Å². The molecule has 1 aromatic carbocycles. The zero-order chi connectivity index (χ0) is 18.7. The highest BCUT2D eigenvalue weighted by molar-refractivity contribution is 5.49. The smallest absolute Gasteiger partial charge is 0.255 e. The Balaban J connectivity index is 1.70. The lowest BCUT2D eigenvalue weighted by molar-refractivity contribution is 0.579. The summed E-state index contributed by atoms with van der Waals surface area (Å²) in [6, 6.07) is 6.84. The molecule has 0 radical (unpaired) electrons. The fourth-order valence-corrected chi connectivity index (χ4v) is 3.34. The van der Waals surface area contributed by atoms with Gasteiger partial charge in [-0.15, -0.1) is 0 Å². The molecule has 0 saturated carbocycles. The van der Waals surface area contributed by atoms with Crippen LogP contribution in [0.4, 0.5) is 16.0 Å². The number of halogens is 1. The van der Waals surface area contributed by atoms with Crippen LogP contribution < -0.4 is 15.4 Å². The van der Waals surface area contributed by atoms with Gasteiger partial charge in [-0.3, -0.25) is 9.78 Å². The lowest BCUT2D eigenvalue weighted by Gasteiger charge is -2.36. The highest BCUT2D eigenvalue weighted by atomic mass is 19.1. The summed E-state index contributed by atoms with van der Waals surface area (Å²) in [6.45, 7) is 8.99. The second-order valence-electron chi connectivity index (χ2n) is 7.31. The summed E-state index contributed by atoms with van der Waals surface area (Å²) in [7, 11) is 0. The monoisotopic (exact) mass is 358 g/mol. The zero-order valence-corrected chi connectivity index (χ0v) is 15.8. The maximum Gasteiger partial charge on any atom is 0.255 e. The summed E-state index contributed by atoms with van der Waals surface area (Å²) in [6.07, 6.45) is 1.74. The molecule has 140 valence electrons. The number of aryl methyl sites for hydroxylation is 1. The Labute approximate surface area is 153 Å². The average Bonchev–Trinajstić information content (AvgIpc) is 2.61. The van der Waals surface area contributed by atoms with Gasteiger partial charge in [0, 0.05) is 37.4 Å². The van der Waals surface area contributed by atoms with Crippen LogP contribution in [0.3, 0.4) is 0 Å². The number of aromatic amines is 1. The zero-order valence-electron chi connectivity index (χ0n) is 15.8. The SMILES string of the molecule is Cc1nc(N2CCN(c3ccccc3F)CC2)[nH]c(=O)c1CCC(C)C. The van der Waals surface area contributed by atoms with Crippen LogP contribution >= 0.6 is 0 Å². The van der Waals surface area contributed by atoms with Gasteiger partial charge in [-0.2, -0.15) is 0 Å². The second-order valence-corrected chi connectivity index (χ2v) is 7.31. The molecule has 2 heterocycles. The van der Waals surface area contributed by atoms with E-state index in [1.165, 1.54) is 6.07 Å². The molecule has 6 heteroatoms. The number of hydrogen-bond acceptors (Lipinski definition) is 4. The van der Waals surface area contributed by atoms with E-state index < -0.39 is 0 Å². The minimum atomic E-state index is -0.196. The van der Waals surface area contributed by atoms with Crippen molar-refractivity contribution in [3.8, 4) is 0 Å². The normalized spacial score (nSPS) is 15.0. The van der Waals surface area contributed by atoms with Gasteiger partial charge in [-0.1, -0.05) is 26.0 Å². The summed E-state index contributed by atoms with van der Waals surface area (Å²) in [5.74, 6) is 0.978. The van der Waals surface area contributed by atoms with Crippen LogP contribution in [0.25, 0.3) is 0 Å². The van der Waals surface area contributed by atoms with Crippen molar-refractivity contribution in [3.63, 3.8) is 0 Å². The van der Waals surface area contributed by atoms with Gasteiger partial charge in [-0.05, 0) is 37.8 Å². The maximum atomic E-state index is 14.0. The molecule has 1 aliphatic heterocycles. The van der Waals surface area contributed by atoms with Crippen LogP contribution in [-0.2, 0) is 6.42 Å². The first-order chi connectivity index (χ1) is 12.5. The third kappa shape index (κ3) is 4.06. The van der Waals surface area contributed by atoms with E-state index >= 15 is 0 Å². The van der Waals surface area contributed by atoms with Crippen molar-refractivity contribution < 1.29 is 4.39 Å². The van der Waals surface area contributed by atoms with Crippen LogP contribution in [-0.4, -0.2) is 36.1 Å². The number of benzene rings is 1. The van der Waals surface area contributed by atoms with Gasteiger partial charge in [0.1, 0.15) is 5.82 Å². The number of H-pyrrole nitrogens is 1. The number of piperazine rings is 1. The molecule has 0 amide bonds. The summed E-state index contributed by atoms with van der Waals surface area (Å²) in [5, 5.41) is 0. The van der Waals surface area contributed by atoms with E-state index in [1.54, 1.807) is 12.1 Å². The number of nitrogens with zero attached hydrogens (tertiary/aromatic N) is 3. The Bertz CT molecular complexity index is 810. The number of hydrogen-bond donors (Lipinski definition) is 1. The number of anilines is 2. The Kier molecular flexibility index (Phi) is 5.59. The van der Waals surface area contributed by atoms with Crippen molar-refractivity contribution in [3.05, 3.63) is 51.7 Å². The number of para-hydroxylation sites is 1. The largest absolute Gasteiger partial charge is 0.366 e. The molecular formula is C20H27FN4O. The topological polar surface area (TPSA) is 52.2 Å². The lowest BCUT2D eigenvalue weighted by Crippen LogP contribution is -2.48. The predicted octanol–water partition coefficient (Wildman–Crippen LogP) is 3.13. The molecule has 1 aromatic heterocycles. The van der Waals surface area contributed by atoms with E-state index in [0.717, 1.165) is 24.1 Å². The minimum Gasteiger partial charge on any atom is -0.366 e. The predicted molar refractivity (Wildman–Crippen MR) is 104 cm³/mol. The fraction of sp³-hybridized carbons (Fsp3) is 0.500. The first-order valence-electron chi connectivity index (χ1n) is 9.30. The standard InChI is InChI=1S/C20H27FN4O/c1-14(2)8-9-16-15(3)22-20(23-19(16)26)25-12-10-24(11-13-25)18-7-5-4-6-17(18)21/h4-7,14H,8-13H2,1-3H3,(H,22,23,26). The molecule has 0 bridgehead atoms. The van der Waals surface area contributed by atoms with Crippen molar-refractivity contribution in [2.24, 2.45) is 5.92 Å². The van der Waals surface area contributed by atoms with E-state index in [2.05, 4.69) is 28.7 Å². The van der Waals surface area contributed by atoms with E-state index in [4.69, 9.17) is 0 Å². The van der Waals surface area contributed by atoms with Crippen LogP contribution in [0.5, 0.6) is 0 Å². The van der Waals surface area contributed by atoms with Crippen LogP contribution in [0.15, 0.2) is 29.1 Å². The molecule has 5 nitrogen and oxygen atoms in total. The molecule has 0 unspecified atom stereocenters. The van der Waals surface area contributed by atoms with E-state index in [-0.39, 0.29) is 11.4 Å². The third-order valence-corrected chi connectivity index (χ3v) is 4.95. The second kappa shape index (κ2) is 7.89. The summed E-state index contributed by atoms with van der Waals surface area (Å²) < 4.78 is 14.0.